The van der Waals surface area contributed by atoms with E-state index in [0.717, 1.165) is 22.4 Å². The third kappa shape index (κ3) is 2.63. The van der Waals surface area contributed by atoms with Crippen LogP contribution in [0.1, 0.15) is 42.4 Å². The zero-order chi connectivity index (χ0) is 13.8. The van der Waals surface area contributed by atoms with E-state index in [4.69, 9.17) is 4.74 Å². The van der Waals surface area contributed by atoms with E-state index in [2.05, 4.69) is 31.0 Å². The van der Waals surface area contributed by atoms with Gasteiger partial charge in [0, 0.05) is 12.4 Å². The number of methoxy groups -OCH3 is 1. The molecule has 1 aromatic heterocycles. The van der Waals surface area contributed by atoms with E-state index in [0.29, 0.717) is 5.92 Å². The van der Waals surface area contributed by atoms with Crippen LogP contribution in [0.2, 0.25) is 0 Å². The van der Waals surface area contributed by atoms with E-state index in [1.54, 1.807) is 7.11 Å². The van der Waals surface area contributed by atoms with Crippen LogP contribution in [0, 0.1) is 11.3 Å². The molecule has 98 valence electrons. The topological polar surface area (TPSA) is 48.8 Å². The predicted octanol–water partition coefficient (Wildman–Crippen LogP) is 3.80. The molecule has 0 saturated carbocycles. The van der Waals surface area contributed by atoms with Crippen molar-refractivity contribution in [3.05, 3.63) is 53.3 Å². The fraction of sp³-hybridized carbons (Fsp3) is 0.312. The first-order chi connectivity index (χ1) is 9.17. The van der Waals surface area contributed by atoms with Gasteiger partial charge in [-0.1, -0.05) is 26.0 Å². The van der Waals surface area contributed by atoms with E-state index in [1.165, 1.54) is 0 Å². The standard InChI is InChI=1S/C16H18N2O/c1-11(2)14-8-12(4-5-16(14)19-3)15(9-17)13-6-7-18-10-13/h4-8,10-11,15,18H,1-3H3. The molecule has 0 amide bonds. The molecule has 0 saturated heterocycles. The molecule has 0 aliphatic rings. The van der Waals surface area contributed by atoms with Gasteiger partial charge in [-0.15, -0.1) is 0 Å². The van der Waals surface area contributed by atoms with Gasteiger partial charge >= 0.3 is 0 Å². The van der Waals surface area contributed by atoms with Gasteiger partial charge < -0.3 is 9.72 Å². The molecule has 2 rings (SSSR count). The Kier molecular flexibility index (Phi) is 3.91. The summed E-state index contributed by atoms with van der Waals surface area (Å²) < 4.78 is 5.38. The number of nitrogens with zero attached hydrogens (tertiary/aromatic N) is 1. The second kappa shape index (κ2) is 5.62. The van der Waals surface area contributed by atoms with Gasteiger partial charge in [0.1, 0.15) is 5.75 Å². The zero-order valence-corrected chi connectivity index (χ0v) is 11.5. The van der Waals surface area contributed by atoms with Crippen LogP contribution in [-0.2, 0) is 0 Å². The summed E-state index contributed by atoms with van der Waals surface area (Å²) in [5.41, 5.74) is 3.13. The van der Waals surface area contributed by atoms with Crippen LogP contribution in [0.15, 0.2) is 36.7 Å². The molecule has 3 nitrogen and oxygen atoms in total. The number of nitriles is 1. The van der Waals surface area contributed by atoms with Crippen LogP contribution in [0.5, 0.6) is 5.75 Å². The van der Waals surface area contributed by atoms with E-state index in [9.17, 15) is 5.26 Å². The van der Waals surface area contributed by atoms with Gasteiger partial charge in [0.25, 0.3) is 0 Å². The van der Waals surface area contributed by atoms with Crippen LogP contribution in [0.25, 0.3) is 0 Å². The van der Waals surface area contributed by atoms with Crippen molar-refractivity contribution in [2.24, 2.45) is 0 Å². The first-order valence-electron chi connectivity index (χ1n) is 6.37. The number of hydrogen-bond donors (Lipinski definition) is 1. The Bertz CT molecular complexity index is 579. The quantitative estimate of drug-likeness (QED) is 0.902. The van der Waals surface area contributed by atoms with Crippen molar-refractivity contribution in [3.63, 3.8) is 0 Å². The number of hydrogen-bond acceptors (Lipinski definition) is 2. The van der Waals surface area contributed by atoms with Gasteiger partial charge in [-0.25, -0.2) is 0 Å². The Labute approximate surface area is 113 Å². The highest BCUT2D eigenvalue weighted by Gasteiger charge is 2.17. The molecule has 1 unspecified atom stereocenters. The molecule has 1 heterocycles. The summed E-state index contributed by atoms with van der Waals surface area (Å²) in [5, 5.41) is 9.41. The molecule has 0 aliphatic heterocycles. The highest BCUT2D eigenvalue weighted by atomic mass is 16.5. The summed E-state index contributed by atoms with van der Waals surface area (Å²) in [7, 11) is 1.68. The highest BCUT2D eigenvalue weighted by molar-refractivity contribution is 5.45. The van der Waals surface area contributed by atoms with Crippen molar-refractivity contribution < 1.29 is 4.74 Å². The summed E-state index contributed by atoms with van der Waals surface area (Å²) in [5.74, 6) is 1.000. The molecule has 0 bridgehead atoms. The molecule has 3 heteroatoms. The zero-order valence-electron chi connectivity index (χ0n) is 11.5. The number of rotatable bonds is 4. The van der Waals surface area contributed by atoms with Gasteiger partial charge in [-0.2, -0.15) is 5.26 Å². The molecular weight excluding hydrogens is 236 g/mol. The third-order valence-corrected chi connectivity index (χ3v) is 3.29. The van der Waals surface area contributed by atoms with Gasteiger partial charge in [-0.3, -0.25) is 0 Å². The van der Waals surface area contributed by atoms with E-state index in [-0.39, 0.29) is 5.92 Å². The maximum absolute atomic E-state index is 9.41. The van der Waals surface area contributed by atoms with Crippen LogP contribution < -0.4 is 4.74 Å². The van der Waals surface area contributed by atoms with Crippen LogP contribution in [0.3, 0.4) is 0 Å². The predicted molar refractivity (Wildman–Crippen MR) is 75.3 cm³/mol. The Morgan fingerprint density at radius 3 is 2.53 bits per heavy atom. The van der Waals surface area contributed by atoms with Crippen LogP contribution in [-0.4, -0.2) is 12.1 Å². The fourth-order valence-electron chi connectivity index (χ4n) is 2.24. The Morgan fingerprint density at radius 2 is 2.00 bits per heavy atom. The largest absolute Gasteiger partial charge is 0.496 e. The van der Waals surface area contributed by atoms with Crippen molar-refractivity contribution in [1.29, 1.82) is 5.26 Å². The Hall–Kier alpha value is -2.21. The van der Waals surface area contributed by atoms with Crippen molar-refractivity contribution in [2.75, 3.05) is 7.11 Å². The number of nitrogens with one attached hydrogen (secondary N) is 1. The molecule has 1 atom stereocenters. The lowest BCUT2D eigenvalue weighted by molar-refractivity contribution is 0.407. The van der Waals surface area contributed by atoms with Gasteiger partial charge in [0.05, 0.1) is 19.1 Å². The summed E-state index contributed by atoms with van der Waals surface area (Å²) in [6.45, 7) is 4.25. The smallest absolute Gasteiger partial charge is 0.122 e. The molecule has 19 heavy (non-hydrogen) atoms. The maximum atomic E-state index is 9.41. The van der Waals surface area contributed by atoms with Crippen LogP contribution >= 0.6 is 0 Å². The molecular formula is C16H18N2O. The van der Waals surface area contributed by atoms with Crippen LogP contribution in [0.4, 0.5) is 0 Å². The summed E-state index contributed by atoms with van der Waals surface area (Å²) >= 11 is 0. The minimum atomic E-state index is -0.241. The first kappa shape index (κ1) is 13.2. The van der Waals surface area contributed by atoms with Gasteiger partial charge in [-0.05, 0) is 34.7 Å². The van der Waals surface area contributed by atoms with E-state index >= 15 is 0 Å². The second-order valence-corrected chi connectivity index (χ2v) is 4.86. The van der Waals surface area contributed by atoms with Crippen molar-refractivity contribution in [2.45, 2.75) is 25.7 Å². The fourth-order valence-corrected chi connectivity index (χ4v) is 2.24. The second-order valence-electron chi connectivity index (χ2n) is 4.86. The summed E-state index contributed by atoms with van der Waals surface area (Å²) in [4.78, 5) is 3.00. The lowest BCUT2D eigenvalue weighted by atomic mass is 9.90. The van der Waals surface area contributed by atoms with E-state index < -0.39 is 0 Å². The minimum Gasteiger partial charge on any atom is -0.496 e. The lowest BCUT2D eigenvalue weighted by Crippen LogP contribution is -2.01. The lowest BCUT2D eigenvalue weighted by Gasteiger charge is -2.15. The summed E-state index contributed by atoms with van der Waals surface area (Å²) in [6.07, 6.45) is 3.71. The average molecular weight is 254 g/mol. The number of benzene rings is 1. The molecule has 0 radical (unpaired) electrons. The normalized spacial score (nSPS) is 12.2. The van der Waals surface area contributed by atoms with E-state index in [1.807, 2.05) is 30.6 Å². The number of ether oxygens (including phenoxy) is 1. The van der Waals surface area contributed by atoms with Gasteiger partial charge in [0.15, 0.2) is 0 Å². The Morgan fingerprint density at radius 1 is 1.21 bits per heavy atom. The third-order valence-electron chi connectivity index (χ3n) is 3.29. The van der Waals surface area contributed by atoms with Gasteiger partial charge in [0.2, 0.25) is 0 Å². The van der Waals surface area contributed by atoms with Crippen molar-refractivity contribution in [1.82, 2.24) is 4.98 Å². The highest BCUT2D eigenvalue weighted by Crippen LogP contribution is 2.32. The monoisotopic (exact) mass is 254 g/mol. The minimum absolute atomic E-state index is 0.241. The van der Waals surface area contributed by atoms with Crippen molar-refractivity contribution in [3.8, 4) is 11.8 Å². The SMILES string of the molecule is COc1ccc(C(C#N)c2cc[nH]c2)cc1C(C)C. The first-order valence-corrected chi connectivity index (χ1v) is 6.37. The number of aromatic amines is 1. The summed E-state index contributed by atoms with van der Waals surface area (Å²) in [6, 6.07) is 10.3. The Balaban J connectivity index is 2.45. The molecule has 0 aliphatic carbocycles. The average Bonchev–Trinajstić information content (AvgIpc) is 2.93. The molecule has 2 aromatic rings. The molecule has 1 aromatic carbocycles. The molecule has 0 spiro atoms. The maximum Gasteiger partial charge on any atom is 0.122 e. The number of aromatic nitrogens is 1. The van der Waals surface area contributed by atoms with Crippen molar-refractivity contribution >= 4 is 0 Å². The molecule has 1 N–H and O–H groups in total. The number of H-pyrrole nitrogens is 1. The molecule has 0 fully saturated rings.